The van der Waals surface area contributed by atoms with Gasteiger partial charge in [-0.2, -0.15) is 0 Å². The summed E-state index contributed by atoms with van der Waals surface area (Å²) >= 11 is 0. The quantitative estimate of drug-likeness (QED) is 0.154. The molecule has 0 unspecified atom stereocenters. The maximum atomic E-state index is 5.16. The van der Waals surface area contributed by atoms with E-state index < -0.39 is 0 Å². The summed E-state index contributed by atoms with van der Waals surface area (Å²) < 4.78 is 2.40. The average Bonchev–Trinajstić information content (AvgIpc) is 3.69. The van der Waals surface area contributed by atoms with Gasteiger partial charge in [0.2, 0.25) is 0 Å². The van der Waals surface area contributed by atoms with E-state index in [1.54, 1.807) is 0 Å². The monoisotopic (exact) mass is 778 g/mol. The van der Waals surface area contributed by atoms with E-state index in [4.69, 9.17) is 15.0 Å². The Morgan fingerprint density at radius 1 is 0.246 bits per heavy atom. The molecule has 2 aromatic heterocycles. The molecule has 61 heavy (non-hydrogen) atoms. The van der Waals surface area contributed by atoms with Crippen molar-refractivity contribution >= 4 is 21.8 Å². The van der Waals surface area contributed by atoms with Crippen LogP contribution < -0.4 is 0 Å². The topological polar surface area (TPSA) is 43.6 Å². The van der Waals surface area contributed by atoms with Gasteiger partial charge in [0.05, 0.1) is 16.7 Å². The lowest BCUT2D eigenvalue weighted by Crippen LogP contribution is -2.01. The van der Waals surface area contributed by atoms with Gasteiger partial charge >= 0.3 is 0 Å². The highest BCUT2D eigenvalue weighted by molar-refractivity contribution is 6.09. The molecule has 0 saturated carbocycles. The minimum atomic E-state index is 0.621. The van der Waals surface area contributed by atoms with Crippen LogP contribution in [0.5, 0.6) is 0 Å². The number of para-hydroxylation sites is 3. The van der Waals surface area contributed by atoms with E-state index in [1.165, 1.54) is 32.9 Å². The number of hydrogen-bond acceptors (Lipinski definition) is 3. The summed E-state index contributed by atoms with van der Waals surface area (Å²) in [7, 11) is 0. The molecule has 9 aromatic carbocycles. The Balaban J connectivity index is 0.978. The third kappa shape index (κ3) is 6.76. The molecule has 0 N–H and O–H groups in total. The molecule has 4 heteroatoms. The van der Waals surface area contributed by atoms with Crippen molar-refractivity contribution in [3.63, 3.8) is 0 Å². The molecule has 0 fully saturated rings. The second-order valence-corrected chi connectivity index (χ2v) is 15.2. The maximum Gasteiger partial charge on any atom is 0.164 e. The van der Waals surface area contributed by atoms with Gasteiger partial charge in [-0.05, 0) is 63.2 Å². The first-order valence-corrected chi connectivity index (χ1v) is 20.6. The third-order valence-corrected chi connectivity index (χ3v) is 11.5. The number of nitrogens with zero attached hydrogens (tertiary/aromatic N) is 4. The molecule has 286 valence electrons. The zero-order chi connectivity index (χ0) is 40.5. The molecule has 0 aliphatic carbocycles. The molecule has 2 heterocycles. The number of fused-ring (bicyclic) bond motifs is 3. The third-order valence-electron chi connectivity index (χ3n) is 11.5. The molecule has 0 saturated heterocycles. The van der Waals surface area contributed by atoms with Gasteiger partial charge in [-0.15, -0.1) is 0 Å². The second kappa shape index (κ2) is 15.5. The Hall–Kier alpha value is -8.21. The molecular weight excluding hydrogens is 741 g/mol. The van der Waals surface area contributed by atoms with Gasteiger partial charge in [0.15, 0.2) is 17.5 Å². The van der Waals surface area contributed by atoms with Crippen LogP contribution in [0.3, 0.4) is 0 Å². The maximum absolute atomic E-state index is 5.16. The standard InChI is InChI=1S/C57H38N4/c1-3-16-39(17-4-1)40-30-34-43(35-31-40)55-58-56(60-57(59-55)51-26-8-7-22-47(51)42-18-5-2-6-19-42)44-36-32-41(33-37-44)45-20-15-21-46(38-45)48-23-9-12-27-52(48)61-53-28-13-10-24-49(53)50-25-11-14-29-54(50)61/h1-38H. The zero-order valence-corrected chi connectivity index (χ0v) is 33.2. The first kappa shape index (κ1) is 35.9. The molecule has 0 aliphatic rings. The Morgan fingerprint density at radius 2 is 0.656 bits per heavy atom. The van der Waals surface area contributed by atoms with Gasteiger partial charge in [-0.1, -0.05) is 206 Å². The normalized spacial score (nSPS) is 11.3. The highest BCUT2D eigenvalue weighted by Crippen LogP contribution is 2.38. The van der Waals surface area contributed by atoms with E-state index in [1.807, 2.05) is 18.2 Å². The largest absolute Gasteiger partial charge is 0.309 e. The number of rotatable bonds is 8. The van der Waals surface area contributed by atoms with Crippen LogP contribution in [0, 0.1) is 0 Å². The van der Waals surface area contributed by atoms with Crippen LogP contribution in [0.4, 0.5) is 0 Å². The summed E-state index contributed by atoms with van der Waals surface area (Å²) in [4.78, 5) is 15.4. The molecule has 0 bridgehead atoms. The molecule has 11 rings (SSSR count). The molecular formula is C57H38N4. The molecule has 11 aromatic rings. The lowest BCUT2D eigenvalue weighted by atomic mass is 9.97. The first-order valence-electron chi connectivity index (χ1n) is 20.6. The molecule has 0 radical (unpaired) electrons. The van der Waals surface area contributed by atoms with Crippen LogP contribution in [0.25, 0.3) is 106 Å². The predicted octanol–water partition coefficient (Wildman–Crippen LogP) is 14.6. The van der Waals surface area contributed by atoms with Crippen molar-refractivity contribution in [3.05, 3.63) is 231 Å². The Labute approximate surface area is 354 Å². The fourth-order valence-corrected chi connectivity index (χ4v) is 8.52. The van der Waals surface area contributed by atoms with Crippen molar-refractivity contribution in [3.8, 4) is 84.4 Å². The lowest BCUT2D eigenvalue weighted by Gasteiger charge is -2.15. The lowest BCUT2D eigenvalue weighted by molar-refractivity contribution is 1.07. The molecule has 4 nitrogen and oxygen atoms in total. The summed E-state index contributed by atoms with van der Waals surface area (Å²) in [6.07, 6.45) is 0. The van der Waals surface area contributed by atoms with Crippen molar-refractivity contribution in [2.75, 3.05) is 0 Å². The Kier molecular flexibility index (Phi) is 9.14. The molecule has 0 spiro atoms. The van der Waals surface area contributed by atoms with Gasteiger partial charge < -0.3 is 4.57 Å². The molecule has 0 aliphatic heterocycles. The molecule has 0 amide bonds. The van der Waals surface area contributed by atoms with Gasteiger partial charge in [0, 0.05) is 33.0 Å². The number of aromatic nitrogens is 4. The minimum Gasteiger partial charge on any atom is -0.309 e. The highest BCUT2D eigenvalue weighted by atomic mass is 15.0. The van der Waals surface area contributed by atoms with Crippen LogP contribution in [0.2, 0.25) is 0 Å². The average molecular weight is 779 g/mol. The van der Waals surface area contributed by atoms with E-state index >= 15 is 0 Å². The smallest absolute Gasteiger partial charge is 0.164 e. The second-order valence-electron chi connectivity index (χ2n) is 15.2. The van der Waals surface area contributed by atoms with Gasteiger partial charge in [0.25, 0.3) is 0 Å². The summed E-state index contributed by atoms with van der Waals surface area (Å²) in [6.45, 7) is 0. The highest BCUT2D eigenvalue weighted by Gasteiger charge is 2.18. The minimum absolute atomic E-state index is 0.621. The van der Waals surface area contributed by atoms with Crippen LogP contribution >= 0.6 is 0 Å². The van der Waals surface area contributed by atoms with Crippen molar-refractivity contribution in [1.82, 2.24) is 19.5 Å². The summed E-state index contributed by atoms with van der Waals surface area (Å²) in [6, 6.07) is 81.1. The van der Waals surface area contributed by atoms with Gasteiger partial charge in [-0.25, -0.2) is 15.0 Å². The van der Waals surface area contributed by atoms with Gasteiger partial charge in [-0.3, -0.25) is 0 Å². The Morgan fingerprint density at radius 3 is 1.28 bits per heavy atom. The van der Waals surface area contributed by atoms with E-state index in [-0.39, 0.29) is 0 Å². The number of hydrogen-bond donors (Lipinski definition) is 0. The van der Waals surface area contributed by atoms with E-state index in [0.717, 1.165) is 55.8 Å². The van der Waals surface area contributed by atoms with Gasteiger partial charge in [0.1, 0.15) is 0 Å². The van der Waals surface area contributed by atoms with Crippen LogP contribution in [0.1, 0.15) is 0 Å². The fraction of sp³-hybridized carbons (Fsp3) is 0. The zero-order valence-electron chi connectivity index (χ0n) is 33.2. The van der Waals surface area contributed by atoms with Crippen LogP contribution in [0.15, 0.2) is 231 Å². The van der Waals surface area contributed by atoms with Crippen molar-refractivity contribution in [1.29, 1.82) is 0 Å². The van der Waals surface area contributed by atoms with Crippen molar-refractivity contribution < 1.29 is 0 Å². The predicted molar refractivity (Wildman–Crippen MR) is 252 cm³/mol. The first-order chi connectivity index (χ1) is 30.2. The van der Waals surface area contributed by atoms with Crippen LogP contribution in [-0.2, 0) is 0 Å². The van der Waals surface area contributed by atoms with Crippen LogP contribution in [-0.4, -0.2) is 19.5 Å². The summed E-state index contributed by atoms with van der Waals surface area (Å²) in [5.74, 6) is 1.88. The van der Waals surface area contributed by atoms with E-state index in [2.05, 4.69) is 217 Å². The Bertz CT molecular complexity index is 3280. The molecule has 0 atom stereocenters. The fourth-order valence-electron chi connectivity index (χ4n) is 8.52. The van der Waals surface area contributed by atoms with E-state index in [9.17, 15) is 0 Å². The van der Waals surface area contributed by atoms with E-state index in [0.29, 0.717) is 17.5 Å². The SMILES string of the molecule is c1ccc(-c2ccc(-c3nc(-c4ccc(-c5cccc(-c6ccccc6-n6c7ccccc7c7ccccc76)c5)cc4)nc(-c4ccccc4-c4ccccc4)n3)cc2)cc1. The van der Waals surface area contributed by atoms with Crippen molar-refractivity contribution in [2.24, 2.45) is 0 Å². The number of benzene rings is 9. The van der Waals surface area contributed by atoms with Crippen molar-refractivity contribution in [2.45, 2.75) is 0 Å². The summed E-state index contributed by atoms with van der Waals surface area (Å²) in [5, 5.41) is 2.50. The summed E-state index contributed by atoms with van der Waals surface area (Å²) in [5.41, 5.74) is 15.4.